The third kappa shape index (κ3) is 2.49. The van der Waals surface area contributed by atoms with Gasteiger partial charge in [-0.2, -0.15) is 0 Å². The average molecular weight is 232 g/mol. The predicted octanol–water partition coefficient (Wildman–Crippen LogP) is 2.64. The molecule has 0 fully saturated rings. The molecule has 0 bridgehead atoms. The minimum Gasteiger partial charge on any atom is -0.505 e. The number of hydrogen-bond donors (Lipinski definition) is 1. The zero-order valence-electron chi connectivity index (χ0n) is 8.61. The normalized spacial score (nSPS) is 10.8. The molecular weight excluding hydrogens is 224 g/mol. The van der Waals surface area contributed by atoms with E-state index in [-0.39, 0.29) is 17.1 Å². The van der Waals surface area contributed by atoms with Crippen molar-refractivity contribution in [3.05, 3.63) is 52.5 Å². The lowest BCUT2D eigenvalue weighted by Crippen LogP contribution is -1.86. The lowest BCUT2D eigenvalue weighted by atomic mass is 10.2. The number of aliphatic imine (C=N–C) groups is 1. The van der Waals surface area contributed by atoms with E-state index >= 15 is 0 Å². The molecule has 1 N–H and O–H groups in total. The number of nitrogens with zero attached hydrogens (tertiary/aromatic N) is 2. The van der Waals surface area contributed by atoms with Gasteiger partial charge in [-0.3, -0.25) is 10.1 Å². The molecule has 1 aromatic heterocycles. The van der Waals surface area contributed by atoms with Crippen molar-refractivity contribution < 1.29 is 14.4 Å². The number of aromatic hydroxyl groups is 1. The molecule has 0 saturated heterocycles. The fourth-order valence-electron chi connectivity index (χ4n) is 1.23. The smallest absolute Gasteiger partial charge is 0.273 e. The Bertz CT molecular complexity index is 561. The van der Waals surface area contributed by atoms with Crippen molar-refractivity contribution in [1.82, 2.24) is 0 Å². The molecule has 0 saturated carbocycles. The van der Waals surface area contributed by atoms with Crippen molar-refractivity contribution in [3.8, 4) is 5.75 Å². The predicted molar refractivity (Wildman–Crippen MR) is 60.7 cm³/mol. The Morgan fingerprint density at radius 2 is 2.24 bits per heavy atom. The number of benzene rings is 1. The second kappa shape index (κ2) is 4.48. The van der Waals surface area contributed by atoms with E-state index in [1.165, 1.54) is 24.6 Å². The van der Waals surface area contributed by atoms with Crippen molar-refractivity contribution in [1.29, 1.82) is 0 Å². The summed E-state index contributed by atoms with van der Waals surface area (Å²) in [4.78, 5) is 13.8. The van der Waals surface area contributed by atoms with E-state index < -0.39 is 4.92 Å². The zero-order valence-corrected chi connectivity index (χ0v) is 8.61. The Balaban J connectivity index is 2.25. The maximum atomic E-state index is 10.5. The first-order valence-electron chi connectivity index (χ1n) is 4.72. The number of non-ortho nitro benzene ring substituents is 1. The van der Waals surface area contributed by atoms with Crippen LogP contribution in [-0.2, 0) is 0 Å². The van der Waals surface area contributed by atoms with E-state index in [0.29, 0.717) is 5.76 Å². The first-order valence-corrected chi connectivity index (χ1v) is 4.72. The fourth-order valence-corrected chi connectivity index (χ4v) is 1.23. The van der Waals surface area contributed by atoms with Crippen LogP contribution in [0.2, 0.25) is 0 Å². The Morgan fingerprint density at radius 3 is 2.82 bits per heavy atom. The molecule has 1 heterocycles. The van der Waals surface area contributed by atoms with Gasteiger partial charge >= 0.3 is 0 Å². The molecule has 6 heteroatoms. The largest absolute Gasteiger partial charge is 0.505 e. The van der Waals surface area contributed by atoms with Gasteiger partial charge in [0.2, 0.25) is 0 Å². The van der Waals surface area contributed by atoms with E-state index in [1.807, 2.05) is 0 Å². The van der Waals surface area contributed by atoms with E-state index in [2.05, 4.69) is 4.99 Å². The highest BCUT2D eigenvalue weighted by molar-refractivity contribution is 5.79. The van der Waals surface area contributed by atoms with Gasteiger partial charge in [0.05, 0.1) is 23.5 Å². The molecule has 6 nitrogen and oxygen atoms in total. The van der Waals surface area contributed by atoms with Crippen molar-refractivity contribution >= 4 is 17.6 Å². The molecule has 1 aromatic carbocycles. The maximum absolute atomic E-state index is 10.5. The van der Waals surface area contributed by atoms with Crippen LogP contribution < -0.4 is 0 Å². The topological polar surface area (TPSA) is 88.9 Å². The van der Waals surface area contributed by atoms with Gasteiger partial charge in [-0.15, -0.1) is 0 Å². The number of hydrogen-bond acceptors (Lipinski definition) is 5. The molecule has 0 aliphatic rings. The van der Waals surface area contributed by atoms with Gasteiger partial charge in [0, 0.05) is 6.07 Å². The summed E-state index contributed by atoms with van der Waals surface area (Å²) < 4.78 is 5.02. The number of nitro groups is 1. The van der Waals surface area contributed by atoms with Crippen LogP contribution >= 0.6 is 0 Å². The molecule has 2 rings (SSSR count). The lowest BCUT2D eigenvalue weighted by Gasteiger charge is -1.97. The van der Waals surface area contributed by atoms with Crippen molar-refractivity contribution in [2.75, 3.05) is 0 Å². The summed E-state index contributed by atoms with van der Waals surface area (Å²) in [5, 5.41) is 20.0. The highest BCUT2D eigenvalue weighted by atomic mass is 16.6. The van der Waals surface area contributed by atoms with E-state index in [0.717, 1.165) is 6.07 Å². The molecule has 0 amide bonds. The summed E-state index contributed by atoms with van der Waals surface area (Å²) in [7, 11) is 0. The van der Waals surface area contributed by atoms with Gasteiger partial charge in [0.15, 0.2) is 0 Å². The van der Waals surface area contributed by atoms with Crippen LogP contribution in [0.15, 0.2) is 46.0 Å². The van der Waals surface area contributed by atoms with Gasteiger partial charge < -0.3 is 9.52 Å². The summed E-state index contributed by atoms with van der Waals surface area (Å²) in [6.45, 7) is 0. The van der Waals surface area contributed by atoms with Crippen LogP contribution in [0.25, 0.3) is 0 Å². The van der Waals surface area contributed by atoms with E-state index in [9.17, 15) is 15.2 Å². The highest BCUT2D eigenvalue weighted by Gasteiger charge is 2.08. The van der Waals surface area contributed by atoms with Crippen molar-refractivity contribution in [2.24, 2.45) is 4.99 Å². The minimum atomic E-state index is -0.584. The SMILES string of the molecule is O=[N+]([O-])c1ccc(N=Cc2ccco2)c(O)c1. The van der Waals surface area contributed by atoms with Crippen LogP contribution in [0.1, 0.15) is 5.76 Å². The quantitative estimate of drug-likeness (QED) is 0.500. The fraction of sp³-hybridized carbons (Fsp3) is 0. The molecule has 0 unspecified atom stereocenters. The summed E-state index contributed by atoms with van der Waals surface area (Å²) in [5.74, 6) is 0.282. The number of nitro benzene ring substituents is 1. The van der Waals surface area contributed by atoms with Crippen LogP contribution in [0, 0.1) is 10.1 Å². The molecule has 2 aromatic rings. The average Bonchev–Trinajstić information content (AvgIpc) is 2.80. The highest BCUT2D eigenvalue weighted by Crippen LogP contribution is 2.30. The third-order valence-corrected chi connectivity index (χ3v) is 2.04. The van der Waals surface area contributed by atoms with Crippen LogP contribution in [0.3, 0.4) is 0 Å². The molecule has 0 aliphatic carbocycles. The van der Waals surface area contributed by atoms with Crippen molar-refractivity contribution in [3.63, 3.8) is 0 Å². The Kier molecular flexibility index (Phi) is 2.87. The number of phenolic OH excluding ortho intramolecular Hbond substituents is 1. The summed E-state index contributed by atoms with van der Waals surface area (Å²) in [6, 6.07) is 7.10. The Morgan fingerprint density at radius 1 is 1.41 bits per heavy atom. The summed E-state index contributed by atoms with van der Waals surface area (Å²) in [5.41, 5.74) is 0.0615. The second-order valence-electron chi connectivity index (χ2n) is 3.20. The van der Waals surface area contributed by atoms with E-state index in [4.69, 9.17) is 4.42 Å². The zero-order chi connectivity index (χ0) is 12.3. The molecule has 0 aliphatic heterocycles. The maximum Gasteiger partial charge on any atom is 0.273 e. The molecule has 17 heavy (non-hydrogen) atoms. The standard InChI is InChI=1S/C11H8N2O4/c14-11-6-8(13(15)16)3-4-10(11)12-7-9-2-1-5-17-9/h1-7,14H. The van der Waals surface area contributed by atoms with Gasteiger partial charge in [0.25, 0.3) is 5.69 Å². The van der Waals surface area contributed by atoms with Gasteiger partial charge in [-0.25, -0.2) is 4.99 Å². The summed E-state index contributed by atoms with van der Waals surface area (Å²) in [6.07, 6.45) is 2.91. The number of rotatable bonds is 3. The number of furan rings is 1. The van der Waals surface area contributed by atoms with Crippen LogP contribution in [0.5, 0.6) is 5.75 Å². The molecule has 86 valence electrons. The number of phenols is 1. The first kappa shape index (κ1) is 10.9. The van der Waals surface area contributed by atoms with Gasteiger partial charge in [0.1, 0.15) is 17.2 Å². The van der Waals surface area contributed by atoms with Gasteiger partial charge in [-0.05, 0) is 18.2 Å². The molecular formula is C11H8N2O4. The molecule has 0 radical (unpaired) electrons. The molecule has 0 spiro atoms. The summed E-state index contributed by atoms with van der Waals surface area (Å²) >= 11 is 0. The van der Waals surface area contributed by atoms with E-state index in [1.54, 1.807) is 12.1 Å². The first-order chi connectivity index (χ1) is 8.16. The Labute approximate surface area is 96.0 Å². The van der Waals surface area contributed by atoms with Crippen LogP contribution in [0.4, 0.5) is 11.4 Å². The third-order valence-electron chi connectivity index (χ3n) is 2.04. The minimum absolute atomic E-state index is 0.181. The lowest BCUT2D eigenvalue weighted by molar-refractivity contribution is -0.384. The van der Waals surface area contributed by atoms with Crippen LogP contribution in [-0.4, -0.2) is 16.2 Å². The molecule has 0 atom stereocenters. The van der Waals surface area contributed by atoms with Gasteiger partial charge in [-0.1, -0.05) is 0 Å². The monoisotopic (exact) mass is 232 g/mol. The Hall–Kier alpha value is -2.63. The van der Waals surface area contributed by atoms with Crippen molar-refractivity contribution in [2.45, 2.75) is 0 Å². The second-order valence-corrected chi connectivity index (χ2v) is 3.20.